The summed E-state index contributed by atoms with van der Waals surface area (Å²) in [5, 5.41) is 16.9. The highest BCUT2D eigenvalue weighted by Crippen LogP contribution is 2.21. The van der Waals surface area contributed by atoms with Crippen molar-refractivity contribution in [3.63, 3.8) is 0 Å². The maximum atomic E-state index is 11.9. The Labute approximate surface area is 118 Å². The molecule has 1 aromatic heterocycles. The number of hydroxylamine groups is 1. The molecule has 0 saturated carbocycles. The minimum Gasteiger partial charge on any atom is -0.306 e. The van der Waals surface area contributed by atoms with E-state index >= 15 is 0 Å². The van der Waals surface area contributed by atoms with Gasteiger partial charge in [-0.1, -0.05) is 22.7 Å². The van der Waals surface area contributed by atoms with Gasteiger partial charge in [-0.25, -0.2) is 4.79 Å². The van der Waals surface area contributed by atoms with Gasteiger partial charge in [0.1, 0.15) is 5.52 Å². The molecule has 0 fully saturated rings. The van der Waals surface area contributed by atoms with Crippen molar-refractivity contribution < 1.29 is 10.0 Å². The number of hydrogen-bond acceptors (Lipinski definition) is 5. The second kappa shape index (κ2) is 5.24. The Balaban J connectivity index is 1.78. The van der Waals surface area contributed by atoms with Crippen molar-refractivity contribution in [1.29, 1.82) is 0 Å². The van der Waals surface area contributed by atoms with E-state index in [0.29, 0.717) is 16.4 Å². The smallest absolute Gasteiger partial charge is 0.306 e. The van der Waals surface area contributed by atoms with Crippen molar-refractivity contribution in [2.45, 2.75) is 0 Å². The van der Waals surface area contributed by atoms with E-state index in [-0.39, 0.29) is 0 Å². The van der Waals surface area contributed by atoms with Gasteiger partial charge in [-0.05, 0) is 41.9 Å². The number of amides is 2. The van der Waals surface area contributed by atoms with Crippen molar-refractivity contribution in [2.75, 3.05) is 10.4 Å². The van der Waals surface area contributed by atoms with Crippen molar-refractivity contribution in [3.05, 3.63) is 48.5 Å². The number of benzene rings is 2. The van der Waals surface area contributed by atoms with Crippen molar-refractivity contribution in [2.24, 2.45) is 0 Å². The third-order valence-corrected chi connectivity index (χ3v) is 3.38. The fourth-order valence-electron chi connectivity index (χ4n) is 1.72. The summed E-state index contributed by atoms with van der Waals surface area (Å²) in [5.74, 6) is 0. The molecule has 3 aromatic rings. The number of aromatic nitrogens is 2. The predicted molar refractivity (Wildman–Crippen MR) is 77.1 cm³/mol. The molecule has 3 rings (SSSR count). The molecule has 0 aliphatic rings. The lowest BCUT2D eigenvalue weighted by molar-refractivity contribution is 0.216. The van der Waals surface area contributed by atoms with E-state index in [1.165, 1.54) is 11.5 Å². The molecule has 20 heavy (non-hydrogen) atoms. The number of carbonyl (C=O) groups is 1. The highest BCUT2D eigenvalue weighted by molar-refractivity contribution is 7.12. The number of para-hydroxylation sites is 1. The lowest BCUT2D eigenvalue weighted by atomic mass is 10.3. The van der Waals surface area contributed by atoms with E-state index in [2.05, 4.69) is 14.9 Å². The Kier molecular flexibility index (Phi) is 3.28. The van der Waals surface area contributed by atoms with Crippen LogP contribution in [0.5, 0.6) is 0 Å². The Morgan fingerprint density at radius 1 is 1.20 bits per heavy atom. The quantitative estimate of drug-likeness (QED) is 0.560. The Hall–Kier alpha value is -2.51. The van der Waals surface area contributed by atoms with Crippen LogP contribution in [0.15, 0.2) is 48.5 Å². The first kappa shape index (κ1) is 12.5. The SMILES string of the molecule is O=C(Nc1ccc2nnsc2c1)N(O)c1ccccc1. The molecule has 0 spiro atoms. The Bertz CT molecular complexity index is 744. The molecule has 0 atom stereocenters. The number of rotatable bonds is 2. The standard InChI is InChI=1S/C13H10N4O2S/c18-13(17(19)10-4-2-1-3-5-10)14-9-6-7-11-12(8-9)20-16-15-11/h1-8,19H,(H,14,18). The number of urea groups is 1. The van der Waals surface area contributed by atoms with Crippen LogP contribution < -0.4 is 10.4 Å². The first-order valence-corrected chi connectivity index (χ1v) is 6.58. The zero-order valence-electron chi connectivity index (χ0n) is 10.2. The number of nitrogens with one attached hydrogen (secondary N) is 1. The molecule has 2 amide bonds. The molecule has 100 valence electrons. The van der Waals surface area contributed by atoms with Gasteiger partial charge >= 0.3 is 6.03 Å². The first-order chi connectivity index (χ1) is 9.74. The summed E-state index contributed by atoms with van der Waals surface area (Å²) in [6.45, 7) is 0. The highest BCUT2D eigenvalue weighted by atomic mass is 32.1. The summed E-state index contributed by atoms with van der Waals surface area (Å²) in [6, 6.07) is 13.1. The predicted octanol–water partition coefficient (Wildman–Crippen LogP) is 3.12. The second-order valence-electron chi connectivity index (χ2n) is 4.03. The maximum Gasteiger partial charge on any atom is 0.350 e. The summed E-state index contributed by atoms with van der Waals surface area (Å²) in [6.07, 6.45) is 0. The van der Waals surface area contributed by atoms with Gasteiger partial charge in [-0.3, -0.25) is 5.21 Å². The number of hydrogen-bond donors (Lipinski definition) is 2. The van der Waals surface area contributed by atoms with Crippen LogP contribution in [-0.2, 0) is 0 Å². The Morgan fingerprint density at radius 2 is 2.00 bits per heavy atom. The van der Waals surface area contributed by atoms with Crippen LogP contribution in [0, 0.1) is 0 Å². The number of anilines is 2. The van der Waals surface area contributed by atoms with Gasteiger partial charge in [0.15, 0.2) is 0 Å². The van der Waals surface area contributed by atoms with Gasteiger partial charge in [-0.2, -0.15) is 5.06 Å². The summed E-state index contributed by atoms with van der Waals surface area (Å²) in [4.78, 5) is 11.9. The molecule has 6 nitrogen and oxygen atoms in total. The van der Waals surface area contributed by atoms with E-state index < -0.39 is 6.03 Å². The lowest BCUT2D eigenvalue weighted by Gasteiger charge is -2.15. The fourth-order valence-corrected chi connectivity index (χ4v) is 2.32. The molecule has 0 radical (unpaired) electrons. The van der Waals surface area contributed by atoms with Gasteiger partial charge in [0.2, 0.25) is 0 Å². The first-order valence-electron chi connectivity index (χ1n) is 5.81. The van der Waals surface area contributed by atoms with Crippen LogP contribution in [-0.4, -0.2) is 20.8 Å². The number of fused-ring (bicyclic) bond motifs is 1. The van der Waals surface area contributed by atoms with Gasteiger partial charge in [0.05, 0.1) is 10.4 Å². The average molecular weight is 286 g/mol. The molecule has 7 heteroatoms. The summed E-state index contributed by atoms with van der Waals surface area (Å²) >= 11 is 1.24. The van der Waals surface area contributed by atoms with E-state index in [9.17, 15) is 10.0 Å². The molecule has 0 unspecified atom stereocenters. The van der Waals surface area contributed by atoms with E-state index in [1.54, 1.807) is 48.5 Å². The largest absolute Gasteiger partial charge is 0.350 e. The molecular formula is C13H10N4O2S. The number of carbonyl (C=O) groups excluding carboxylic acids is 1. The van der Waals surface area contributed by atoms with Gasteiger partial charge in [-0.15, -0.1) is 5.10 Å². The van der Waals surface area contributed by atoms with E-state index in [1.807, 2.05) is 0 Å². The van der Waals surface area contributed by atoms with Crippen LogP contribution in [0.2, 0.25) is 0 Å². The van der Waals surface area contributed by atoms with Gasteiger partial charge < -0.3 is 5.32 Å². The molecule has 0 aliphatic carbocycles. The minimum absolute atomic E-state index is 0.394. The Morgan fingerprint density at radius 3 is 2.80 bits per heavy atom. The molecule has 2 aromatic carbocycles. The molecule has 0 bridgehead atoms. The highest BCUT2D eigenvalue weighted by Gasteiger charge is 2.13. The van der Waals surface area contributed by atoms with Gasteiger partial charge in [0, 0.05) is 5.69 Å². The summed E-state index contributed by atoms with van der Waals surface area (Å²) in [7, 11) is 0. The minimum atomic E-state index is -0.631. The summed E-state index contributed by atoms with van der Waals surface area (Å²) in [5.41, 5.74) is 1.74. The van der Waals surface area contributed by atoms with Crippen molar-refractivity contribution >= 4 is 39.2 Å². The van der Waals surface area contributed by atoms with Crippen LogP contribution in [0.3, 0.4) is 0 Å². The molecule has 0 aliphatic heterocycles. The second-order valence-corrected chi connectivity index (χ2v) is 4.82. The van der Waals surface area contributed by atoms with E-state index in [4.69, 9.17) is 0 Å². The maximum absolute atomic E-state index is 11.9. The third kappa shape index (κ3) is 2.44. The molecular weight excluding hydrogens is 276 g/mol. The number of nitrogens with zero attached hydrogens (tertiary/aromatic N) is 3. The van der Waals surface area contributed by atoms with Crippen LogP contribution in [0.4, 0.5) is 16.2 Å². The van der Waals surface area contributed by atoms with Crippen LogP contribution >= 0.6 is 11.5 Å². The van der Waals surface area contributed by atoms with Gasteiger partial charge in [0.25, 0.3) is 0 Å². The lowest BCUT2D eigenvalue weighted by Crippen LogP contribution is -2.31. The zero-order valence-corrected chi connectivity index (χ0v) is 11.0. The summed E-state index contributed by atoms with van der Waals surface area (Å²) < 4.78 is 4.69. The van der Waals surface area contributed by atoms with Crippen molar-refractivity contribution in [3.8, 4) is 0 Å². The van der Waals surface area contributed by atoms with Crippen LogP contribution in [0.1, 0.15) is 0 Å². The van der Waals surface area contributed by atoms with Crippen LogP contribution in [0.25, 0.3) is 10.2 Å². The molecule has 0 saturated heterocycles. The zero-order chi connectivity index (χ0) is 13.9. The monoisotopic (exact) mass is 286 g/mol. The normalized spacial score (nSPS) is 10.4. The third-order valence-electron chi connectivity index (χ3n) is 2.69. The molecule has 2 N–H and O–H groups in total. The van der Waals surface area contributed by atoms with Crippen molar-refractivity contribution in [1.82, 2.24) is 9.59 Å². The van der Waals surface area contributed by atoms with E-state index in [0.717, 1.165) is 10.2 Å². The average Bonchev–Trinajstić information content (AvgIpc) is 2.95. The topological polar surface area (TPSA) is 78.4 Å². The molecule has 1 heterocycles. The fraction of sp³-hybridized carbons (Fsp3) is 0.